The van der Waals surface area contributed by atoms with E-state index < -0.39 is 27.9 Å². The first kappa shape index (κ1) is 16.6. The van der Waals surface area contributed by atoms with Gasteiger partial charge in [0.15, 0.2) is 0 Å². The molecule has 0 aromatic heterocycles. The van der Waals surface area contributed by atoms with Crippen LogP contribution in [0.25, 0.3) is 0 Å². The van der Waals surface area contributed by atoms with Gasteiger partial charge in [0.1, 0.15) is 0 Å². The van der Waals surface area contributed by atoms with Crippen molar-refractivity contribution in [1.29, 1.82) is 0 Å². The average molecular weight is 307 g/mol. The third-order valence-electron chi connectivity index (χ3n) is 4.52. The Morgan fingerprint density at radius 2 is 1.56 bits per heavy atom. The van der Waals surface area contributed by atoms with Crippen LogP contribution < -0.4 is 0 Å². The topological polar surface area (TPSA) is 27.7 Å². The number of hydrogen-bond acceptors (Lipinski definition) is 3. The van der Waals surface area contributed by atoms with Crippen LogP contribution in [0.4, 0.5) is 0 Å². The van der Waals surface area contributed by atoms with Gasteiger partial charge in [-0.2, -0.15) is 0 Å². The molecule has 1 aliphatic rings. The molecule has 0 aliphatic carbocycles. The Hall–Kier alpha value is 0.531. The lowest BCUT2D eigenvalue weighted by Crippen LogP contribution is -2.59. The predicted molar refractivity (Wildman–Crippen MR) is 83.8 cm³/mol. The van der Waals surface area contributed by atoms with Gasteiger partial charge in [0.2, 0.25) is 0 Å². The third-order valence-corrected chi connectivity index (χ3v) is 16.0. The molecule has 0 amide bonds. The summed E-state index contributed by atoms with van der Waals surface area (Å²) < 4.78 is 18.8. The molecule has 0 aromatic rings. The van der Waals surface area contributed by atoms with Crippen molar-refractivity contribution in [3.8, 4) is 0 Å². The summed E-state index contributed by atoms with van der Waals surface area (Å²) in [5.74, 6) is 0. The summed E-state index contributed by atoms with van der Waals surface area (Å²) in [4.78, 5) is 0. The minimum Gasteiger partial charge on any atom is -0.422 e. The number of rotatable bonds is 6. The van der Waals surface area contributed by atoms with Crippen LogP contribution in [0.1, 0.15) is 60.8 Å². The SMILES string of the molecule is CCC(C)[SiH]1O[SiH2]O[Si](C(C)CC)(C(C)CC)O1. The van der Waals surface area contributed by atoms with Gasteiger partial charge in [0.05, 0.1) is 0 Å². The minimum atomic E-state index is -2.03. The molecule has 108 valence electrons. The van der Waals surface area contributed by atoms with Crippen LogP contribution >= 0.6 is 0 Å². The minimum absolute atomic E-state index is 0.586. The fraction of sp³-hybridized carbons (Fsp3) is 1.00. The number of hydrogen-bond donors (Lipinski definition) is 0. The molecule has 1 fully saturated rings. The first-order valence-electron chi connectivity index (χ1n) is 7.45. The van der Waals surface area contributed by atoms with Gasteiger partial charge in [-0.25, -0.2) is 0 Å². The van der Waals surface area contributed by atoms with E-state index in [0.717, 1.165) is 19.3 Å². The van der Waals surface area contributed by atoms with Crippen LogP contribution in [0.2, 0.25) is 16.6 Å². The Kier molecular flexibility index (Phi) is 6.77. The summed E-state index contributed by atoms with van der Waals surface area (Å²) in [5, 5.41) is 0. The molecule has 1 aliphatic heterocycles. The predicted octanol–water partition coefficient (Wildman–Crippen LogP) is 3.11. The molecule has 1 rings (SSSR count). The van der Waals surface area contributed by atoms with Crippen LogP contribution in [0, 0.1) is 0 Å². The molecule has 4 atom stereocenters. The highest BCUT2D eigenvalue weighted by atomic mass is 28.5. The summed E-state index contributed by atoms with van der Waals surface area (Å²) in [7, 11) is -4.32. The molecule has 0 bridgehead atoms. The maximum atomic E-state index is 6.60. The van der Waals surface area contributed by atoms with E-state index >= 15 is 0 Å². The lowest BCUT2D eigenvalue weighted by molar-refractivity contribution is 0.243. The van der Waals surface area contributed by atoms with Crippen molar-refractivity contribution in [2.24, 2.45) is 0 Å². The van der Waals surface area contributed by atoms with E-state index in [2.05, 4.69) is 41.5 Å². The van der Waals surface area contributed by atoms with Gasteiger partial charge in [-0.05, 0) is 16.6 Å². The summed E-state index contributed by atoms with van der Waals surface area (Å²) in [6.45, 7) is 13.7. The molecule has 6 heteroatoms. The Morgan fingerprint density at radius 3 is 2.00 bits per heavy atom. The molecular weight excluding hydrogens is 276 g/mol. The maximum Gasteiger partial charge on any atom is 0.325 e. The van der Waals surface area contributed by atoms with Gasteiger partial charge in [-0.1, -0.05) is 60.8 Å². The molecule has 0 aromatic carbocycles. The lowest BCUT2D eigenvalue weighted by atomic mass is 10.4. The average Bonchev–Trinajstić information content (AvgIpc) is 2.44. The Labute approximate surface area is 118 Å². The van der Waals surface area contributed by atoms with Crippen LogP contribution in [-0.2, 0) is 12.3 Å². The molecule has 3 nitrogen and oxygen atoms in total. The second-order valence-electron chi connectivity index (χ2n) is 5.64. The fourth-order valence-electron chi connectivity index (χ4n) is 2.49. The maximum absolute atomic E-state index is 6.60. The van der Waals surface area contributed by atoms with Crippen molar-refractivity contribution >= 4 is 27.9 Å². The van der Waals surface area contributed by atoms with E-state index in [1.165, 1.54) is 0 Å². The zero-order valence-corrected chi connectivity index (χ0v) is 16.4. The van der Waals surface area contributed by atoms with E-state index in [0.29, 0.717) is 16.6 Å². The van der Waals surface area contributed by atoms with Crippen molar-refractivity contribution in [3.05, 3.63) is 0 Å². The van der Waals surface area contributed by atoms with E-state index in [9.17, 15) is 0 Å². The smallest absolute Gasteiger partial charge is 0.325 e. The normalized spacial score (nSPS) is 35.3. The molecular formula is C12H30O3Si3. The Bertz CT molecular complexity index is 243. The summed E-state index contributed by atoms with van der Waals surface area (Å²) in [5.41, 5.74) is 1.78. The summed E-state index contributed by atoms with van der Waals surface area (Å²) in [6, 6.07) is 0. The molecule has 4 unspecified atom stereocenters. The van der Waals surface area contributed by atoms with Crippen LogP contribution in [-0.4, -0.2) is 27.9 Å². The largest absolute Gasteiger partial charge is 0.422 e. The first-order valence-corrected chi connectivity index (χ1v) is 12.2. The molecule has 1 heterocycles. The molecule has 0 radical (unpaired) electrons. The van der Waals surface area contributed by atoms with Crippen molar-refractivity contribution in [3.63, 3.8) is 0 Å². The Morgan fingerprint density at radius 1 is 1.00 bits per heavy atom. The van der Waals surface area contributed by atoms with Crippen LogP contribution in [0.5, 0.6) is 0 Å². The standard InChI is InChI=1S/C12H30O3Si3/c1-7-10(4)17-13-16-14-18(15-17,11(5)8-2)12(6)9-3/h10-12,17H,7-9,16H2,1-6H3. The second kappa shape index (κ2) is 7.35. The van der Waals surface area contributed by atoms with Crippen molar-refractivity contribution in [2.75, 3.05) is 0 Å². The van der Waals surface area contributed by atoms with Gasteiger partial charge in [-0.15, -0.1) is 0 Å². The molecule has 0 N–H and O–H groups in total. The molecule has 18 heavy (non-hydrogen) atoms. The first-order chi connectivity index (χ1) is 8.51. The van der Waals surface area contributed by atoms with E-state index in [4.69, 9.17) is 12.3 Å². The molecule has 0 saturated carbocycles. The zero-order chi connectivity index (χ0) is 13.8. The monoisotopic (exact) mass is 306 g/mol. The van der Waals surface area contributed by atoms with Crippen LogP contribution in [0.3, 0.4) is 0 Å². The highest BCUT2D eigenvalue weighted by Crippen LogP contribution is 2.42. The van der Waals surface area contributed by atoms with Gasteiger partial charge in [0, 0.05) is 0 Å². The summed E-state index contributed by atoms with van der Waals surface area (Å²) >= 11 is 0. The fourth-order valence-corrected chi connectivity index (χ4v) is 16.7. The highest BCUT2D eigenvalue weighted by molar-refractivity contribution is 6.82. The van der Waals surface area contributed by atoms with Gasteiger partial charge < -0.3 is 12.3 Å². The van der Waals surface area contributed by atoms with Crippen molar-refractivity contribution in [1.82, 2.24) is 0 Å². The molecule has 1 saturated heterocycles. The lowest BCUT2D eigenvalue weighted by Gasteiger charge is -2.46. The van der Waals surface area contributed by atoms with Gasteiger partial charge >= 0.3 is 17.8 Å². The Balaban J connectivity index is 2.89. The van der Waals surface area contributed by atoms with Gasteiger partial charge in [-0.3, -0.25) is 0 Å². The van der Waals surface area contributed by atoms with Crippen molar-refractivity contribution < 1.29 is 12.3 Å². The van der Waals surface area contributed by atoms with Crippen LogP contribution in [0.15, 0.2) is 0 Å². The molecule has 0 spiro atoms. The highest BCUT2D eigenvalue weighted by Gasteiger charge is 2.51. The zero-order valence-electron chi connectivity index (χ0n) is 12.9. The summed E-state index contributed by atoms with van der Waals surface area (Å²) in [6.07, 6.45) is 3.48. The van der Waals surface area contributed by atoms with Crippen molar-refractivity contribution in [2.45, 2.75) is 77.4 Å². The van der Waals surface area contributed by atoms with Gasteiger partial charge in [0.25, 0.3) is 10.0 Å². The van der Waals surface area contributed by atoms with E-state index in [-0.39, 0.29) is 0 Å². The van der Waals surface area contributed by atoms with E-state index in [1.54, 1.807) is 0 Å². The van der Waals surface area contributed by atoms with E-state index in [1.807, 2.05) is 0 Å². The third kappa shape index (κ3) is 3.34. The second-order valence-corrected chi connectivity index (χ2v) is 14.6. The quantitative estimate of drug-likeness (QED) is 0.706.